The second kappa shape index (κ2) is 6.65. The van der Waals surface area contributed by atoms with Crippen LogP contribution in [0.25, 0.3) is 0 Å². The lowest BCUT2D eigenvalue weighted by atomic mass is 10.1. The van der Waals surface area contributed by atoms with Crippen molar-refractivity contribution in [3.05, 3.63) is 35.4 Å². The van der Waals surface area contributed by atoms with Crippen LogP contribution in [0.1, 0.15) is 22.8 Å². The van der Waals surface area contributed by atoms with Crippen molar-refractivity contribution < 1.29 is 4.79 Å². The molecular formula is C15H18N2OS. The van der Waals surface area contributed by atoms with Gasteiger partial charge in [-0.1, -0.05) is 30.9 Å². The standard InChI is InChI=1S/C15H18N2OS/c1-12-11-17(9-10-19-12)15(18)14-7-3-2-5-13(14)6-4-8-16/h2-3,5,7,12H,8-11,16H2,1H3. The Bertz CT molecular complexity index is 518. The fourth-order valence-electron chi connectivity index (χ4n) is 2.10. The lowest BCUT2D eigenvalue weighted by Crippen LogP contribution is -2.41. The molecule has 100 valence electrons. The highest BCUT2D eigenvalue weighted by Crippen LogP contribution is 2.20. The normalized spacial score (nSPS) is 18.6. The first-order valence-corrected chi connectivity index (χ1v) is 7.46. The molecule has 0 aromatic heterocycles. The summed E-state index contributed by atoms with van der Waals surface area (Å²) in [7, 11) is 0. The average molecular weight is 274 g/mol. The van der Waals surface area contributed by atoms with E-state index in [4.69, 9.17) is 5.73 Å². The van der Waals surface area contributed by atoms with Gasteiger partial charge >= 0.3 is 0 Å². The first-order chi connectivity index (χ1) is 9.22. The van der Waals surface area contributed by atoms with Crippen LogP contribution >= 0.6 is 11.8 Å². The van der Waals surface area contributed by atoms with Crippen molar-refractivity contribution in [1.29, 1.82) is 0 Å². The molecule has 1 atom stereocenters. The Labute approximate surface area is 118 Å². The minimum Gasteiger partial charge on any atom is -0.337 e. The predicted molar refractivity (Wildman–Crippen MR) is 80.2 cm³/mol. The third-order valence-electron chi connectivity index (χ3n) is 3.01. The molecule has 1 amide bonds. The molecule has 1 aliphatic heterocycles. The largest absolute Gasteiger partial charge is 0.337 e. The maximum absolute atomic E-state index is 12.5. The fourth-order valence-corrected chi connectivity index (χ4v) is 3.11. The first kappa shape index (κ1) is 14.0. The van der Waals surface area contributed by atoms with Crippen molar-refractivity contribution in [2.24, 2.45) is 5.73 Å². The molecule has 0 bridgehead atoms. The highest BCUT2D eigenvalue weighted by atomic mass is 32.2. The van der Waals surface area contributed by atoms with Gasteiger partial charge < -0.3 is 10.6 Å². The SMILES string of the molecule is CC1CN(C(=O)c2ccccc2C#CCN)CCS1. The topological polar surface area (TPSA) is 46.3 Å². The molecule has 1 unspecified atom stereocenters. The van der Waals surface area contributed by atoms with E-state index in [9.17, 15) is 4.79 Å². The zero-order valence-corrected chi connectivity index (χ0v) is 11.9. The van der Waals surface area contributed by atoms with Gasteiger partial charge in [-0.3, -0.25) is 4.79 Å². The van der Waals surface area contributed by atoms with E-state index in [1.807, 2.05) is 40.9 Å². The summed E-state index contributed by atoms with van der Waals surface area (Å²) in [5.74, 6) is 6.87. The summed E-state index contributed by atoms with van der Waals surface area (Å²) in [5, 5.41) is 0.500. The van der Waals surface area contributed by atoms with Gasteiger partial charge in [0.1, 0.15) is 0 Å². The number of amides is 1. The summed E-state index contributed by atoms with van der Waals surface area (Å²) in [4.78, 5) is 14.5. The van der Waals surface area contributed by atoms with Crippen molar-refractivity contribution in [2.75, 3.05) is 25.4 Å². The van der Waals surface area contributed by atoms with Crippen LogP contribution in [0.3, 0.4) is 0 Å². The smallest absolute Gasteiger partial charge is 0.255 e. The van der Waals surface area contributed by atoms with Gasteiger partial charge in [-0.2, -0.15) is 11.8 Å². The Hall–Kier alpha value is -1.44. The van der Waals surface area contributed by atoms with E-state index in [2.05, 4.69) is 18.8 Å². The monoisotopic (exact) mass is 274 g/mol. The lowest BCUT2D eigenvalue weighted by Gasteiger charge is -2.30. The summed E-state index contributed by atoms with van der Waals surface area (Å²) in [6, 6.07) is 7.49. The Morgan fingerprint density at radius 3 is 3.05 bits per heavy atom. The van der Waals surface area contributed by atoms with Crippen LogP contribution in [-0.4, -0.2) is 41.4 Å². The van der Waals surface area contributed by atoms with Crippen LogP contribution in [0.4, 0.5) is 0 Å². The maximum atomic E-state index is 12.5. The number of hydrogen-bond acceptors (Lipinski definition) is 3. The molecule has 2 rings (SSSR count). The Morgan fingerprint density at radius 1 is 1.53 bits per heavy atom. The zero-order valence-electron chi connectivity index (χ0n) is 11.1. The van der Waals surface area contributed by atoms with Gasteiger partial charge in [0.2, 0.25) is 0 Å². The summed E-state index contributed by atoms with van der Waals surface area (Å²) in [6.07, 6.45) is 0. The van der Waals surface area contributed by atoms with Gasteiger partial charge in [-0.05, 0) is 12.1 Å². The molecular weight excluding hydrogens is 256 g/mol. The highest BCUT2D eigenvalue weighted by Gasteiger charge is 2.23. The van der Waals surface area contributed by atoms with Crippen molar-refractivity contribution >= 4 is 17.7 Å². The maximum Gasteiger partial charge on any atom is 0.255 e. The summed E-state index contributed by atoms with van der Waals surface area (Å²) >= 11 is 1.91. The second-order valence-corrected chi connectivity index (χ2v) is 6.03. The Kier molecular flexibility index (Phi) is 4.89. The van der Waals surface area contributed by atoms with Gasteiger partial charge in [-0.25, -0.2) is 0 Å². The van der Waals surface area contributed by atoms with Gasteiger partial charge in [-0.15, -0.1) is 0 Å². The molecule has 1 aliphatic rings. The predicted octanol–water partition coefficient (Wildman–Crippen LogP) is 1.57. The molecule has 1 aromatic rings. The molecule has 19 heavy (non-hydrogen) atoms. The molecule has 1 heterocycles. The van der Waals surface area contributed by atoms with Crippen LogP contribution in [0.2, 0.25) is 0 Å². The Balaban J connectivity index is 2.23. The summed E-state index contributed by atoms with van der Waals surface area (Å²) < 4.78 is 0. The number of carbonyl (C=O) groups excluding carboxylic acids is 1. The lowest BCUT2D eigenvalue weighted by molar-refractivity contribution is 0.0763. The number of nitrogens with zero attached hydrogens (tertiary/aromatic N) is 1. The number of thioether (sulfide) groups is 1. The molecule has 2 N–H and O–H groups in total. The van der Waals surface area contributed by atoms with Crippen LogP contribution in [0.15, 0.2) is 24.3 Å². The minimum absolute atomic E-state index is 0.0778. The van der Waals surface area contributed by atoms with Crippen molar-refractivity contribution in [3.63, 3.8) is 0 Å². The van der Waals surface area contributed by atoms with Crippen LogP contribution in [0, 0.1) is 11.8 Å². The number of hydrogen-bond donors (Lipinski definition) is 1. The van der Waals surface area contributed by atoms with Crippen LogP contribution < -0.4 is 5.73 Å². The average Bonchev–Trinajstić information content (AvgIpc) is 2.44. The van der Waals surface area contributed by atoms with Gasteiger partial charge in [0.25, 0.3) is 5.91 Å². The quantitative estimate of drug-likeness (QED) is 0.791. The Morgan fingerprint density at radius 2 is 2.32 bits per heavy atom. The van der Waals surface area contributed by atoms with Crippen LogP contribution in [-0.2, 0) is 0 Å². The molecule has 0 saturated carbocycles. The molecule has 0 radical (unpaired) electrons. The number of nitrogens with two attached hydrogens (primary N) is 1. The zero-order chi connectivity index (χ0) is 13.7. The van der Waals surface area contributed by atoms with Crippen molar-refractivity contribution in [2.45, 2.75) is 12.2 Å². The van der Waals surface area contributed by atoms with Gasteiger partial charge in [0, 0.05) is 29.7 Å². The van der Waals surface area contributed by atoms with Gasteiger partial charge in [0.15, 0.2) is 0 Å². The molecule has 1 aromatic carbocycles. The molecule has 4 heteroatoms. The van der Waals surface area contributed by atoms with E-state index in [-0.39, 0.29) is 5.91 Å². The van der Waals surface area contributed by atoms with Gasteiger partial charge in [0.05, 0.1) is 12.1 Å². The second-order valence-electron chi connectivity index (χ2n) is 4.48. The first-order valence-electron chi connectivity index (χ1n) is 6.41. The minimum atomic E-state index is 0.0778. The summed E-state index contributed by atoms with van der Waals surface area (Å²) in [6.45, 7) is 4.08. The number of carbonyl (C=O) groups is 1. The third-order valence-corrected chi connectivity index (χ3v) is 4.15. The van der Waals surface area contributed by atoms with Crippen molar-refractivity contribution in [3.8, 4) is 11.8 Å². The number of benzene rings is 1. The van der Waals surface area contributed by atoms with E-state index in [1.54, 1.807) is 0 Å². The van der Waals surface area contributed by atoms with E-state index in [1.165, 1.54) is 0 Å². The molecule has 1 saturated heterocycles. The highest BCUT2D eigenvalue weighted by molar-refractivity contribution is 7.99. The van der Waals surface area contributed by atoms with E-state index >= 15 is 0 Å². The summed E-state index contributed by atoms with van der Waals surface area (Å²) in [5.41, 5.74) is 6.84. The van der Waals surface area contributed by atoms with E-state index < -0.39 is 0 Å². The van der Waals surface area contributed by atoms with Crippen molar-refractivity contribution in [1.82, 2.24) is 4.90 Å². The molecule has 0 spiro atoms. The third kappa shape index (κ3) is 3.52. The van der Waals surface area contributed by atoms with E-state index in [0.29, 0.717) is 17.4 Å². The molecule has 3 nitrogen and oxygen atoms in total. The van der Waals surface area contributed by atoms with Crippen LogP contribution in [0.5, 0.6) is 0 Å². The molecule has 0 aliphatic carbocycles. The molecule has 1 fully saturated rings. The number of rotatable bonds is 1. The fraction of sp³-hybridized carbons (Fsp3) is 0.400. The van der Waals surface area contributed by atoms with E-state index in [0.717, 1.165) is 24.4 Å².